The van der Waals surface area contributed by atoms with E-state index in [1.54, 1.807) is 21.0 Å². The number of ether oxygens (including phenoxy) is 1. The maximum Gasteiger partial charge on any atom is 0.193 e. The fourth-order valence-corrected chi connectivity index (χ4v) is 7.69. The third-order valence-corrected chi connectivity index (χ3v) is 10.9. The van der Waals surface area contributed by atoms with E-state index in [-0.39, 0.29) is 30.7 Å². The van der Waals surface area contributed by atoms with Gasteiger partial charge in [0.2, 0.25) is 0 Å². The smallest absolute Gasteiger partial charge is 0.193 e. The average molecular weight is 676 g/mol. The summed E-state index contributed by atoms with van der Waals surface area (Å²) in [4.78, 5) is 12.8. The molecule has 0 amide bonds. The van der Waals surface area contributed by atoms with E-state index >= 15 is 0 Å². The molecule has 0 aromatic rings. The molecule has 0 saturated carbocycles. The summed E-state index contributed by atoms with van der Waals surface area (Å²) in [6.07, 6.45) is 32.8. The van der Waals surface area contributed by atoms with Crippen LogP contribution < -0.4 is 4.89 Å². The number of hydrogen-bond acceptors (Lipinski definition) is 7. The zero-order valence-electron chi connectivity index (χ0n) is 30.3. The van der Waals surface area contributed by atoms with Gasteiger partial charge in [-0.1, -0.05) is 109 Å². The summed E-state index contributed by atoms with van der Waals surface area (Å²) in [5.41, 5.74) is 0. The van der Waals surface area contributed by atoms with Crippen LogP contribution in [0.15, 0.2) is 24.3 Å². The molecule has 3 atom stereocenters. The Labute approximate surface area is 283 Å². The number of allylic oxidation sites excluding steroid dienone is 4. The van der Waals surface area contributed by atoms with E-state index in [0.29, 0.717) is 13.0 Å². The Kier molecular flexibility index (Phi) is 30.1. The molecule has 0 aliphatic carbocycles. The second-order valence-electron chi connectivity index (χ2n) is 13.6. The minimum absolute atomic E-state index is 0.0304. The highest BCUT2D eigenvalue weighted by molar-refractivity contribution is 7.51. The predicted octanol–water partition coefficient (Wildman–Crippen LogP) is 8.38. The van der Waals surface area contributed by atoms with Crippen molar-refractivity contribution in [2.24, 2.45) is 0 Å². The first-order valence-electron chi connectivity index (χ1n) is 18.8. The number of aliphatic hydroxyl groups is 3. The molecule has 0 radical (unpaired) electrons. The number of hydrogen-bond donors (Lipinski definition) is 3. The van der Waals surface area contributed by atoms with Crippen molar-refractivity contribution >= 4 is 7.60 Å². The largest absolute Gasteiger partial charge is 0.774 e. The van der Waals surface area contributed by atoms with Gasteiger partial charge in [-0.3, -0.25) is 0 Å². The normalized spacial score (nSPS) is 15.3. The highest BCUT2D eigenvalue weighted by Crippen LogP contribution is 2.48. The SMILES string of the molecule is CCCCCCC/C=C\CCCCCCCCCC/C=C\CCCCCOC[C@@H](O)COP(=O)([O-])C(CC)[N+](C)(C)CCC(O)O. The minimum atomic E-state index is -4.29. The lowest BCUT2D eigenvalue weighted by atomic mass is 10.1. The molecule has 8 nitrogen and oxygen atoms in total. The molecule has 0 aromatic heterocycles. The topological polar surface area (TPSA) is 119 Å². The van der Waals surface area contributed by atoms with E-state index in [4.69, 9.17) is 19.5 Å². The van der Waals surface area contributed by atoms with Crippen LogP contribution in [0.1, 0.15) is 155 Å². The number of aliphatic hydroxyl groups excluding tert-OH is 2. The number of quaternary nitrogens is 1. The Bertz CT molecular complexity index is 775. The Hall–Kier alpha value is -0.570. The summed E-state index contributed by atoms with van der Waals surface area (Å²) in [7, 11) is -0.842. The first kappa shape index (κ1) is 45.4. The quantitative estimate of drug-likeness (QED) is 0.0206. The zero-order valence-corrected chi connectivity index (χ0v) is 31.2. The van der Waals surface area contributed by atoms with Crippen LogP contribution in [-0.4, -0.2) is 78.4 Å². The molecule has 2 unspecified atom stereocenters. The fraction of sp³-hybridized carbons (Fsp3) is 0.892. The van der Waals surface area contributed by atoms with Crippen molar-refractivity contribution in [2.75, 3.05) is 40.5 Å². The van der Waals surface area contributed by atoms with Crippen molar-refractivity contribution in [3.63, 3.8) is 0 Å². The van der Waals surface area contributed by atoms with Gasteiger partial charge in [-0.15, -0.1) is 0 Å². The second-order valence-corrected chi connectivity index (χ2v) is 15.6. The zero-order chi connectivity index (χ0) is 34.4. The molecule has 3 N–H and O–H groups in total. The molecular weight excluding hydrogens is 601 g/mol. The number of nitrogens with zero attached hydrogens (tertiary/aromatic N) is 1. The van der Waals surface area contributed by atoms with Crippen LogP contribution in [0.25, 0.3) is 0 Å². The summed E-state index contributed by atoms with van der Waals surface area (Å²) in [6, 6.07) is 0. The van der Waals surface area contributed by atoms with Crippen LogP contribution in [0.5, 0.6) is 0 Å². The summed E-state index contributed by atoms with van der Waals surface area (Å²) in [5, 5.41) is 28.4. The lowest BCUT2D eigenvalue weighted by Crippen LogP contribution is -2.51. The third-order valence-electron chi connectivity index (χ3n) is 8.72. The number of rotatable bonds is 34. The predicted molar refractivity (Wildman–Crippen MR) is 191 cm³/mol. The maximum atomic E-state index is 12.8. The van der Waals surface area contributed by atoms with Gasteiger partial charge < -0.3 is 38.5 Å². The van der Waals surface area contributed by atoms with E-state index in [1.165, 1.54) is 103 Å². The molecule has 0 aliphatic rings. The first-order chi connectivity index (χ1) is 22.1. The second kappa shape index (κ2) is 30.5. The van der Waals surface area contributed by atoms with Gasteiger partial charge in [0.05, 0.1) is 33.9 Å². The van der Waals surface area contributed by atoms with Gasteiger partial charge in [0.25, 0.3) is 0 Å². The van der Waals surface area contributed by atoms with E-state index < -0.39 is 25.8 Å². The van der Waals surface area contributed by atoms with Crippen molar-refractivity contribution in [3.05, 3.63) is 24.3 Å². The van der Waals surface area contributed by atoms with Crippen molar-refractivity contribution in [1.29, 1.82) is 0 Å². The van der Waals surface area contributed by atoms with Crippen LogP contribution in [-0.2, 0) is 13.8 Å². The van der Waals surface area contributed by atoms with Crippen molar-refractivity contribution < 1.29 is 38.5 Å². The van der Waals surface area contributed by atoms with Crippen molar-refractivity contribution in [3.8, 4) is 0 Å². The highest BCUT2D eigenvalue weighted by Gasteiger charge is 2.37. The summed E-state index contributed by atoms with van der Waals surface area (Å²) in [5.74, 6) is -0.842. The molecule has 0 heterocycles. The number of unbranched alkanes of at least 4 members (excludes halogenated alkanes) is 17. The maximum absolute atomic E-state index is 12.8. The van der Waals surface area contributed by atoms with Crippen molar-refractivity contribution in [2.45, 2.75) is 173 Å². The average Bonchev–Trinajstić information content (AvgIpc) is 3.01. The van der Waals surface area contributed by atoms with E-state index in [0.717, 1.165) is 25.7 Å². The lowest BCUT2D eigenvalue weighted by molar-refractivity contribution is -0.904. The highest BCUT2D eigenvalue weighted by atomic mass is 31.2. The Morgan fingerprint density at radius 2 is 1.11 bits per heavy atom. The van der Waals surface area contributed by atoms with Crippen molar-refractivity contribution in [1.82, 2.24) is 0 Å². The fourth-order valence-electron chi connectivity index (χ4n) is 5.81. The van der Waals surface area contributed by atoms with E-state index in [2.05, 4.69) is 31.2 Å². The van der Waals surface area contributed by atoms with Crippen LogP contribution >= 0.6 is 7.60 Å². The Balaban J connectivity index is 3.62. The molecule has 0 rings (SSSR count). The molecule has 0 bridgehead atoms. The summed E-state index contributed by atoms with van der Waals surface area (Å²) < 4.78 is 23.5. The van der Waals surface area contributed by atoms with Gasteiger partial charge in [-0.25, -0.2) is 0 Å². The van der Waals surface area contributed by atoms with Gasteiger partial charge in [0.1, 0.15) is 6.10 Å². The molecule has 0 fully saturated rings. The molecular formula is C37H74NO7P. The van der Waals surface area contributed by atoms with Gasteiger partial charge in [0.15, 0.2) is 19.7 Å². The molecule has 0 aliphatic heterocycles. The monoisotopic (exact) mass is 676 g/mol. The molecule has 46 heavy (non-hydrogen) atoms. The molecule has 0 aromatic carbocycles. The first-order valence-corrected chi connectivity index (χ1v) is 20.4. The van der Waals surface area contributed by atoms with Gasteiger partial charge in [0, 0.05) is 19.4 Å². The van der Waals surface area contributed by atoms with Gasteiger partial charge in [-0.2, -0.15) is 0 Å². The molecule has 0 spiro atoms. The standard InChI is InChI=1S/C37H74NO7P/c1-5-7-8-9-10-11-12-13-14-15-16-17-18-19-20-21-22-23-24-25-26-27-28-29-32-44-33-35(39)34-45-46(42,43)36(6-2)38(3,4)31-30-37(40)41/h12-13,24-25,35-37,39-41H,5-11,14-23,26-34H2,1-4H3/b13-12-,25-24-/t35-,36?/m1/s1. The third kappa shape index (κ3) is 27.4. The van der Waals surface area contributed by atoms with Gasteiger partial charge in [-0.05, 0) is 57.8 Å². The minimum Gasteiger partial charge on any atom is -0.774 e. The van der Waals surface area contributed by atoms with Crippen LogP contribution in [0.4, 0.5) is 0 Å². The van der Waals surface area contributed by atoms with Crippen LogP contribution in [0, 0.1) is 0 Å². The molecule has 0 saturated heterocycles. The Morgan fingerprint density at radius 1 is 0.674 bits per heavy atom. The Morgan fingerprint density at radius 3 is 1.54 bits per heavy atom. The van der Waals surface area contributed by atoms with Crippen LogP contribution in [0.2, 0.25) is 0 Å². The lowest BCUT2D eigenvalue weighted by Gasteiger charge is -2.43. The van der Waals surface area contributed by atoms with Gasteiger partial charge >= 0.3 is 0 Å². The van der Waals surface area contributed by atoms with E-state index in [1.807, 2.05) is 0 Å². The summed E-state index contributed by atoms with van der Waals surface area (Å²) in [6.45, 7) is 4.50. The van der Waals surface area contributed by atoms with E-state index in [9.17, 15) is 14.6 Å². The molecule has 9 heteroatoms. The molecule has 274 valence electrons. The van der Waals surface area contributed by atoms with Crippen LogP contribution in [0.3, 0.4) is 0 Å². The summed E-state index contributed by atoms with van der Waals surface area (Å²) >= 11 is 0.